The van der Waals surface area contributed by atoms with E-state index in [0.717, 1.165) is 0 Å². The summed E-state index contributed by atoms with van der Waals surface area (Å²) in [6, 6.07) is 72.7. The number of fused-ring (bicyclic) bond motifs is 11. The second-order valence-electron chi connectivity index (χ2n) is 15.5. The van der Waals surface area contributed by atoms with E-state index in [1.807, 2.05) is 11.3 Å². The minimum Gasteiger partial charge on any atom is -0.135 e. The third kappa shape index (κ3) is 4.38. The van der Waals surface area contributed by atoms with Crippen LogP contribution in [0.2, 0.25) is 0 Å². The van der Waals surface area contributed by atoms with Gasteiger partial charge in [0.1, 0.15) is 0 Å². The molecule has 0 unspecified atom stereocenters. The standard InChI is InChI=1S/C56H32S/c1-2-10-33(11-3-1)37-23-18-34-21-27-48-43(24-19-35-20-26-47(37)53(34)54(35)48)42-29-28-38(39-12-4-5-13-40(39)42)36-22-25-44-49-30-31-50-45-15-8-9-17-52(45)57-56(50)55(49)46-16-7-6-14-41(46)51(44)32-36/h1-32H. The Hall–Kier alpha value is -7.06. The molecule has 57 heavy (non-hydrogen) atoms. The van der Waals surface area contributed by atoms with Crippen molar-refractivity contribution in [1.29, 1.82) is 0 Å². The highest BCUT2D eigenvalue weighted by atomic mass is 32.1. The van der Waals surface area contributed by atoms with Crippen molar-refractivity contribution in [2.24, 2.45) is 0 Å². The fourth-order valence-corrected chi connectivity index (χ4v) is 11.3. The first-order valence-electron chi connectivity index (χ1n) is 19.8. The Morgan fingerprint density at radius 2 is 0.719 bits per heavy atom. The Labute approximate surface area is 332 Å². The average molecular weight is 737 g/mol. The predicted molar refractivity (Wildman–Crippen MR) is 249 cm³/mol. The first-order valence-corrected chi connectivity index (χ1v) is 20.6. The van der Waals surface area contributed by atoms with Crippen LogP contribution in [0.1, 0.15) is 0 Å². The van der Waals surface area contributed by atoms with Crippen molar-refractivity contribution < 1.29 is 0 Å². The molecule has 262 valence electrons. The van der Waals surface area contributed by atoms with Gasteiger partial charge in [0.05, 0.1) is 0 Å². The first kappa shape index (κ1) is 31.2. The molecule has 13 rings (SSSR count). The number of rotatable bonds is 3. The van der Waals surface area contributed by atoms with Gasteiger partial charge in [0.25, 0.3) is 0 Å². The summed E-state index contributed by atoms with van der Waals surface area (Å²) in [4.78, 5) is 0. The van der Waals surface area contributed by atoms with Crippen molar-refractivity contribution >= 4 is 107 Å². The molecule has 0 N–H and O–H groups in total. The lowest BCUT2D eigenvalue weighted by Gasteiger charge is -2.18. The van der Waals surface area contributed by atoms with Crippen LogP contribution in [-0.4, -0.2) is 0 Å². The molecule has 0 spiro atoms. The summed E-state index contributed by atoms with van der Waals surface area (Å²) in [5.41, 5.74) is 7.56. The highest BCUT2D eigenvalue weighted by Crippen LogP contribution is 2.47. The van der Waals surface area contributed by atoms with Crippen molar-refractivity contribution in [3.8, 4) is 33.4 Å². The van der Waals surface area contributed by atoms with Crippen LogP contribution in [-0.2, 0) is 0 Å². The van der Waals surface area contributed by atoms with Gasteiger partial charge in [-0.3, -0.25) is 0 Å². The molecule has 0 atom stereocenters. The summed E-state index contributed by atoms with van der Waals surface area (Å²) in [6.07, 6.45) is 0. The van der Waals surface area contributed by atoms with E-state index < -0.39 is 0 Å². The van der Waals surface area contributed by atoms with Crippen molar-refractivity contribution in [1.82, 2.24) is 0 Å². The molecule has 0 nitrogen and oxygen atoms in total. The lowest BCUT2D eigenvalue weighted by atomic mass is 9.85. The van der Waals surface area contributed by atoms with E-state index in [-0.39, 0.29) is 0 Å². The van der Waals surface area contributed by atoms with Gasteiger partial charge in [0.2, 0.25) is 0 Å². The summed E-state index contributed by atoms with van der Waals surface area (Å²) in [7, 11) is 0. The summed E-state index contributed by atoms with van der Waals surface area (Å²) < 4.78 is 2.72. The second-order valence-corrected chi connectivity index (χ2v) is 16.5. The van der Waals surface area contributed by atoms with Crippen LogP contribution in [0.25, 0.3) is 129 Å². The summed E-state index contributed by atoms with van der Waals surface area (Å²) in [6.45, 7) is 0. The lowest BCUT2D eigenvalue weighted by Crippen LogP contribution is -1.91. The van der Waals surface area contributed by atoms with E-state index in [2.05, 4.69) is 194 Å². The fraction of sp³-hybridized carbons (Fsp3) is 0. The Bertz CT molecular complexity index is 3770. The molecule has 0 aliphatic carbocycles. The molecule has 0 fully saturated rings. The number of hydrogen-bond acceptors (Lipinski definition) is 1. The highest BCUT2D eigenvalue weighted by Gasteiger charge is 2.19. The van der Waals surface area contributed by atoms with Gasteiger partial charge in [-0.2, -0.15) is 0 Å². The van der Waals surface area contributed by atoms with E-state index in [4.69, 9.17) is 0 Å². The maximum absolute atomic E-state index is 2.44. The molecule has 0 aliphatic heterocycles. The Balaban J connectivity index is 1.02. The molecule has 1 aromatic heterocycles. The maximum Gasteiger partial charge on any atom is 0.0440 e. The van der Waals surface area contributed by atoms with E-state index in [0.29, 0.717) is 0 Å². The van der Waals surface area contributed by atoms with Gasteiger partial charge in [-0.1, -0.05) is 182 Å². The SMILES string of the molecule is c1ccc(-c2ccc3ccc4c(-c5ccc(-c6ccc7c(c6)c6ccccc6c6c7ccc7c8ccccc8sc76)c6ccccc56)ccc5ccc2c3c54)cc1. The van der Waals surface area contributed by atoms with Crippen molar-refractivity contribution in [3.05, 3.63) is 194 Å². The zero-order valence-corrected chi connectivity index (χ0v) is 31.7. The zero-order valence-electron chi connectivity index (χ0n) is 30.9. The van der Waals surface area contributed by atoms with Crippen LogP contribution >= 0.6 is 11.3 Å². The summed E-state index contributed by atoms with van der Waals surface area (Å²) in [5.74, 6) is 0. The lowest BCUT2D eigenvalue weighted by molar-refractivity contribution is 1.66. The maximum atomic E-state index is 2.44. The number of benzene rings is 12. The van der Waals surface area contributed by atoms with Crippen LogP contribution in [0.3, 0.4) is 0 Å². The molecule has 0 saturated heterocycles. The molecule has 12 aromatic carbocycles. The van der Waals surface area contributed by atoms with Crippen LogP contribution in [0, 0.1) is 0 Å². The smallest absolute Gasteiger partial charge is 0.0440 e. The Morgan fingerprint density at radius 1 is 0.246 bits per heavy atom. The van der Waals surface area contributed by atoms with E-state index in [1.54, 1.807) is 0 Å². The molecule has 13 aromatic rings. The second kappa shape index (κ2) is 11.7. The molecule has 1 heteroatoms. The monoisotopic (exact) mass is 736 g/mol. The zero-order chi connectivity index (χ0) is 37.2. The predicted octanol–water partition coefficient (Wildman–Crippen LogP) is 16.6. The Morgan fingerprint density at radius 3 is 1.51 bits per heavy atom. The molecule has 0 bridgehead atoms. The first-order chi connectivity index (χ1) is 28.3. The van der Waals surface area contributed by atoms with Crippen LogP contribution in [0.5, 0.6) is 0 Å². The summed E-state index contributed by atoms with van der Waals surface area (Å²) in [5, 5.41) is 21.0. The van der Waals surface area contributed by atoms with E-state index >= 15 is 0 Å². The molecule has 0 aliphatic rings. The van der Waals surface area contributed by atoms with Gasteiger partial charge in [-0.15, -0.1) is 11.3 Å². The van der Waals surface area contributed by atoms with Gasteiger partial charge < -0.3 is 0 Å². The van der Waals surface area contributed by atoms with Crippen molar-refractivity contribution in [2.45, 2.75) is 0 Å². The summed E-state index contributed by atoms with van der Waals surface area (Å²) >= 11 is 1.92. The third-order valence-electron chi connectivity index (χ3n) is 12.6. The quantitative estimate of drug-likeness (QED) is 0.158. The van der Waals surface area contributed by atoms with Crippen molar-refractivity contribution in [3.63, 3.8) is 0 Å². The fourth-order valence-electron chi connectivity index (χ4n) is 10.1. The van der Waals surface area contributed by atoms with Gasteiger partial charge in [-0.05, 0) is 116 Å². The minimum absolute atomic E-state index is 1.24. The Kier molecular flexibility index (Phi) is 6.41. The molecular weight excluding hydrogens is 705 g/mol. The molecular formula is C56H32S. The molecule has 0 radical (unpaired) electrons. The van der Waals surface area contributed by atoms with Gasteiger partial charge >= 0.3 is 0 Å². The van der Waals surface area contributed by atoms with Crippen LogP contribution < -0.4 is 0 Å². The van der Waals surface area contributed by atoms with Crippen LogP contribution in [0.15, 0.2) is 194 Å². The highest BCUT2D eigenvalue weighted by molar-refractivity contribution is 7.26. The van der Waals surface area contributed by atoms with Crippen molar-refractivity contribution in [2.75, 3.05) is 0 Å². The van der Waals surface area contributed by atoms with Gasteiger partial charge in [0, 0.05) is 25.6 Å². The largest absolute Gasteiger partial charge is 0.135 e. The van der Waals surface area contributed by atoms with E-state index in [1.165, 1.54) is 129 Å². The number of hydrogen-bond donors (Lipinski definition) is 0. The van der Waals surface area contributed by atoms with Gasteiger partial charge in [0.15, 0.2) is 0 Å². The van der Waals surface area contributed by atoms with Crippen LogP contribution in [0.4, 0.5) is 0 Å². The van der Waals surface area contributed by atoms with E-state index in [9.17, 15) is 0 Å². The van der Waals surface area contributed by atoms with Gasteiger partial charge in [-0.25, -0.2) is 0 Å². The molecule has 0 amide bonds. The molecule has 0 saturated carbocycles. The third-order valence-corrected chi connectivity index (χ3v) is 13.8. The normalized spacial score (nSPS) is 12.2. The number of thiophene rings is 1. The minimum atomic E-state index is 1.24. The average Bonchev–Trinajstić information content (AvgIpc) is 3.67. The molecule has 1 heterocycles. The topological polar surface area (TPSA) is 0 Å².